The molecule has 0 heterocycles. The monoisotopic (exact) mass is 271 g/mol. The van der Waals surface area contributed by atoms with Crippen LogP contribution in [0.15, 0.2) is 0 Å². The minimum atomic E-state index is -0.739. The predicted octanol–water partition coefficient (Wildman–Crippen LogP) is 1.22. The van der Waals surface area contributed by atoms with Crippen molar-refractivity contribution in [3.05, 3.63) is 0 Å². The minimum Gasteiger partial charge on any atom is -0.480 e. The van der Waals surface area contributed by atoms with Gasteiger partial charge in [-0.2, -0.15) is 0 Å². The fourth-order valence-corrected chi connectivity index (χ4v) is 1.51. The lowest BCUT2D eigenvalue weighted by atomic mass is 10.3. The van der Waals surface area contributed by atoms with Crippen LogP contribution >= 0.6 is 22.6 Å². The van der Waals surface area contributed by atoms with Crippen molar-refractivity contribution < 1.29 is 9.90 Å². The second-order valence-electron chi connectivity index (χ2n) is 2.33. The molecule has 0 spiro atoms. The number of halogens is 1. The Bertz CT molecular complexity index is 130. The van der Waals surface area contributed by atoms with Gasteiger partial charge in [0, 0.05) is 11.0 Å². The van der Waals surface area contributed by atoms with Gasteiger partial charge < -0.3 is 5.11 Å². The molecule has 0 rings (SSSR count). The molecule has 0 aliphatic carbocycles. The second-order valence-corrected chi connectivity index (χ2v) is 3.41. The van der Waals surface area contributed by atoms with Crippen LogP contribution in [0.1, 0.15) is 13.8 Å². The van der Waals surface area contributed by atoms with Crippen LogP contribution in [0.5, 0.6) is 0 Å². The molecule has 0 aromatic heterocycles. The molecule has 0 bridgehead atoms. The van der Waals surface area contributed by atoms with E-state index < -0.39 is 5.97 Å². The van der Waals surface area contributed by atoms with Crippen molar-refractivity contribution in [2.45, 2.75) is 19.9 Å². The van der Waals surface area contributed by atoms with Gasteiger partial charge in [0.1, 0.15) is 6.04 Å². The van der Waals surface area contributed by atoms with Gasteiger partial charge in [-0.05, 0) is 13.5 Å². The van der Waals surface area contributed by atoms with Crippen LogP contribution in [0.2, 0.25) is 0 Å². The zero-order valence-electron chi connectivity index (χ0n) is 6.88. The molecule has 0 amide bonds. The van der Waals surface area contributed by atoms with Crippen LogP contribution in [0.4, 0.5) is 0 Å². The van der Waals surface area contributed by atoms with E-state index in [1.807, 2.05) is 11.8 Å². The van der Waals surface area contributed by atoms with Gasteiger partial charge in [0.15, 0.2) is 0 Å². The van der Waals surface area contributed by atoms with Gasteiger partial charge in [0.2, 0.25) is 0 Å². The maximum absolute atomic E-state index is 10.5. The summed E-state index contributed by atoms with van der Waals surface area (Å²) in [6.07, 6.45) is 0. The normalized spacial score (nSPS) is 13.5. The highest BCUT2D eigenvalue weighted by atomic mass is 127. The maximum Gasteiger partial charge on any atom is 0.320 e. The lowest BCUT2D eigenvalue weighted by Gasteiger charge is -2.23. The van der Waals surface area contributed by atoms with E-state index in [2.05, 4.69) is 22.6 Å². The predicted molar refractivity (Wildman–Crippen MR) is 53.2 cm³/mol. The highest BCUT2D eigenvalue weighted by Crippen LogP contribution is 1.99. The van der Waals surface area contributed by atoms with E-state index in [0.717, 1.165) is 17.5 Å². The highest BCUT2D eigenvalue weighted by molar-refractivity contribution is 14.1. The van der Waals surface area contributed by atoms with Crippen LogP contribution in [-0.2, 0) is 4.79 Å². The van der Waals surface area contributed by atoms with Gasteiger partial charge in [0.25, 0.3) is 0 Å². The molecule has 0 fully saturated rings. The first-order valence-electron chi connectivity index (χ1n) is 3.66. The zero-order valence-corrected chi connectivity index (χ0v) is 9.04. The van der Waals surface area contributed by atoms with Crippen LogP contribution in [0.25, 0.3) is 0 Å². The summed E-state index contributed by atoms with van der Waals surface area (Å²) in [6, 6.07) is -0.352. The third kappa shape index (κ3) is 3.91. The Morgan fingerprint density at radius 2 is 2.27 bits per heavy atom. The summed E-state index contributed by atoms with van der Waals surface area (Å²) in [5, 5.41) is 8.67. The first-order valence-corrected chi connectivity index (χ1v) is 5.18. The smallest absolute Gasteiger partial charge is 0.320 e. The number of carboxylic acid groups (broad SMARTS) is 1. The van der Waals surface area contributed by atoms with Crippen LogP contribution in [0.3, 0.4) is 0 Å². The minimum absolute atomic E-state index is 0.352. The zero-order chi connectivity index (χ0) is 8.85. The summed E-state index contributed by atoms with van der Waals surface area (Å²) in [5.74, 6) is -0.739. The van der Waals surface area contributed by atoms with E-state index in [4.69, 9.17) is 5.11 Å². The van der Waals surface area contributed by atoms with Crippen molar-refractivity contribution in [3.8, 4) is 0 Å². The number of carboxylic acids is 1. The Kier molecular flexibility index (Phi) is 5.85. The van der Waals surface area contributed by atoms with Crippen LogP contribution in [0, 0.1) is 0 Å². The Morgan fingerprint density at radius 1 is 1.73 bits per heavy atom. The molecule has 1 atom stereocenters. The van der Waals surface area contributed by atoms with Gasteiger partial charge in [-0.3, -0.25) is 9.69 Å². The summed E-state index contributed by atoms with van der Waals surface area (Å²) >= 11 is 2.25. The van der Waals surface area contributed by atoms with Crippen molar-refractivity contribution in [1.29, 1.82) is 0 Å². The molecular formula is C7H14INO2. The summed E-state index contributed by atoms with van der Waals surface area (Å²) in [4.78, 5) is 12.5. The quantitative estimate of drug-likeness (QED) is 0.603. The average Bonchev–Trinajstić information content (AvgIpc) is 1.98. The summed E-state index contributed by atoms with van der Waals surface area (Å²) in [5.41, 5.74) is 0. The maximum atomic E-state index is 10.5. The summed E-state index contributed by atoms with van der Waals surface area (Å²) in [6.45, 7) is 5.35. The number of hydrogen-bond donors (Lipinski definition) is 1. The number of carbonyl (C=O) groups is 1. The van der Waals surface area contributed by atoms with Crippen LogP contribution in [-0.4, -0.2) is 39.5 Å². The number of alkyl halides is 1. The number of hydrogen-bond acceptors (Lipinski definition) is 2. The molecule has 0 aliphatic rings. The van der Waals surface area contributed by atoms with E-state index in [1.165, 1.54) is 0 Å². The average molecular weight is 271 g/mol. The fraction of sp³-hybridized carbons (Fsp3) is 0.857. The molecule has 0 aliphatic heterocycles. The fourth-order valence-electron chi connectivity index (χ4n) is 0.890. The van der Waals surface area contributed by atoms with E-state index in [1.54, 1.807) is 6.92 Å². The van der Waals surface area contributed by atoms with E-state index in [0.29, 0.717) is 0 Å². The molecule has 1 N–H and O–H groups in total. The second kappa shape index (κ2) is 5.77. The van der Waals surface area contributed by atoms with Gasteiger partial charge >= 0.3 is 5.97 Å². The molecule has 0 unspecified atom stereocenters. The van der Waals surface area contributed by atoms with E-state index in [-0.39, 0.29) is 6.04 Å². The molecule has 11 heavy (non-hydrogen) atoms. The van der Waals surface area contributed by atoms with Gasteiger partial charge in [0.05, 0.1) is 0 Å². The Hall–Kier alpha value is 0.160. The first-order chi connectivity index (χ1) is 5.13. The number of likely N-dealkylation sites (N-methyl/N-ethyl adjacent to an activating group) is 1. The van der Waals surface area contributed by atoms with Crippen molar-refractivity contribution in [3.63, 3.8) is 0 Å². The Labute approximate surface area is 80.9 Å². The molecule has 3 nitrogen and oxygen atoms in total. The Morgan fingerprint density at radius 3 is 2.55 bits per heavy atom. The van der Waals surface area contributed by atoms with E-state index >= 15 is 0 Å². The first kappa shape index (κ1) is 11.2. The molecule has 66 valence electrons. The summed E-state index contributed by atoms with van der Waals surface area (Å²) < 4.78 is 0.975. The number of rotatable bonds is 5. The lowest BCUT2D eigenvalue weighted by Crippen LogP contribution is -2.39. The lowest BCUT2D eigenvalue weighted by molar-refractivity contribution is -0.142. The van der Waals surface area contributed by atoms with Gasteiger partial charge in [-0.1, -0.05) is 29.5 Å². The SMILES string of the molecule is CCN(CCI)[C@@H](C)C(=O)O. The van der Waals surface area contributed by atoms with Crippen molar-refractivity contribution in [2.24, 2.45) is 0 Å². The standard InChI is InChI=1S/C7H14INO2/c1-3-9(5-4-8)6(2)7(10)11/h6H,3-5H2,1-2H3,(H,10,11)/t6-/m0/s1. The molecule has 0 saturated carbocycles. The summed E-state index contributed by atoms with van der Waals surface area (Å²) in [7, 11) is 0. The highest BCUT2D eigenvalue weighted by Gasteiger charge is 2.17. The number of aliphatic carboxylic acids is 1. The molecule has 0 saturated heterocycles. The topological polar surface area (TPSA) is 40.5 Å². The van der Waals surface area contributed by atoms with Crippen molar-refractivity contribution in [1.82, 2.24) is 4.90 Å². The van der Waals surface area contributed by atoms with Crippen LogP contribution < -0.4 is 0 Å². The van der Waals surface area contributed by atoms with Crippen molar-refractivity contribution in [2.75, 3.05) is 17.5 Å². The molecular weight excluding hydrogens is 257 g/mol. The molecule has 0 aromatic carbocycles. The third-order valence-electron chi connectivity index (χ3n) is 1.68. The Balaban J connectivity index is 3.91. The van der Waals surface area contributed by atoms with E-state index in [9.17, 15) is 4.79 Å². The molecule has 4 heteroatoms. The van der Waals surface area contributed by atoms with Gasteiger partial charge in [-0.15, -0.1) is 0 Å². The molecule has 0 aromatic rings. The van der Waals surface area contributed by atoms with Gasteiger partial charge in [-0.25, -0.2) is 0 Å². The largest absolute Gasteiger partial charge is 0.480 e. The third-order valence-corrected chi connectivity index (χ3v) is 2.17. The molecule has 0 radical (unpaired) electrons. The number of nitrogens with zero attached hydrogens (tertiary/aromatic N) is 1. The van der Waals surface area contributed by atoms with Crippen molar-refractivity contribution >= 4 is 28.6 Å².